The number of anilines is 1. The third-order valence-electron chi connectivity index (χ3n) is 4.59. The van der Waals surface area contributed by atoms with Crippen LogP contribution in [0.1, 0.15) is 37.6 Å². The van der Waals surface area contributed by atoms with E-state index in [1.54, 1.807) is 0 Å². The standard InChI is InChI=1S/C19H26N4O3S/c1-14(2)17-21-22-18(27-17)20-16(24)12-23-10-8-19(25,9-11-23)13-26-15-6-4-3-5-7-15/h3-7,14,25H,8-13H2,1-2H3,(H,20,22,24). The highest BCUT2D eigenvalue weighted by atomic mass is 32.1. The molecule has 1 aromatic carbocycles. The van der Waals surface area contributed by atoms with Crippen LogP contribution >= 0.6 is 11.3 Å². The van der Waals surface area contributed by atoms with Crippen molar-refractivity contribution in [2.75, 3.05) is 31.6 Å². The molecule has 0 atom stereocenters. The summed E-state index contributed by atoms with van der Waals surface area (Å²) in [5.74, 6) is 0.948. The zero-order valence-electron chi connectivity index (χ0n) is 15.7. The van der Waals surface area contributed by atoms with Gasteiger partial charge in [-0.2, -0.15) is 0 Å². The van der Waals surface area contributed by atoms with Crippen LogP contribution in [-0.4, -0.2) is 58.0 Å². The number of piperidine rings is 1. The van der Waals surface area contributed by atoms with Crippen LogP contribution in [0.3, 0.4) is 0 Å². The van der Waals surface area contributed by atoms with Crippen LogP contribution in [0.4, 0.5) is 5.13 Å². The van der Waals surface area contributed by atoms with Gasteiger partial charge in [-0.3, -0.25) is 15.0 Å². The van der Waals surface area contributed by atoms with Gasteiger partial charge >= 0.3 is 0 Å². The van der Waals surface area contributed by atoms with Gasteiger partial charge in [0.15, 0.2) is 0 Å². The summed E-state index contributed by atoms with van der Waals surface area (Å²) < 4.78 is 5.70. The van der Waals surface area contributed by atoms with Crippen molar-refractivity contribution in [2.45, 2.75) is 38.2 Å². The van der Waals surface area contributed by atoms with E-state index in [-0.39, 0.29) is 19.1 Å². The van der Waals surface area contributed by atoms with Crippen molar-refractivity contribution < 1.29 is 14.6 Å². The van der Waals surface area contributed by atoms with E-state index in [0.29, 0.717) is 37.0 Å². The number of hydrogen-bond donors (Lipinski definition) is 2. The molecule has 27 heavy (non-hydrogen) atoms. The predicted octanol–water partition coefficient (Wildman–Crippen LogP) is 2.51. The second-order valence-corrected chi connectivity index (χ2v) is 8.26. The number of nitrogens with one attached hydrogen (secondary N) is 1. The number of amides is 1. The van der Waals surface area contributed by atoms with Crippen LogP contribution in [0.5, 0.6) is 5.75 Å². The number of aromatic nitrogens is 2. The lowest BCUT2D eigenvalue weighted by molar-refractivity contribution is -0.119. The molecule has 1 aliphatic rings. The molecule has 0 saturated carbocycles. The highest BCUT2D eigenvalue weighted by Gasteiger charge is 2.33. The van der Waals surface area contributed by atoms with Gasteiger partial charge in [-0.05, 0) is 25.0 Å². The molecule has 2 heterocycles. The monoisotopic (exact) mass is 390 g/mol. The van der Waals surface area contributed by atoms with Crippen molar-refractivity contribution in [3.63, 3.8) is 0 Å². The van der Waals surface area contributed by atoms with E-state index >= 15 is 0 Å². The van der Waals surface area contributed by atoms with E-state index in [1.807, 2.05) is 49.1 Å². The van der Waals surface area contributed by atoms with Gasteiger partial charge in [-0.25, -0.2) is 0 Å². The summed E-state index contributed by atoms with van der Waals surface area (Å²) in [5.41, 5.74) is -0.853. The lowest BCUT2D eigenvalue weighted by atomic mass is 9.92. The van der Waals surface area contributed by atoms with Gasteiger partial charge < -0.3 is 9.84 Å². The van der Waals surface area contributed by atoms with E-state index in [0.717, 1.165) is 10.8 Å². The fraction of sp³-hybridized carbons (Fsp3) is 0.526. The van der Waals surface area contributed by atoms with Crippen molar-refractivity contribution in [1.29, 1.82) is 0 Å². The molecule has 0 spiro atoms. The summed E-state index contributed by atoms with van der Waals surface area (Å²) in [6.07, 6.45) is 1.15. The zero-order valence-corrected chi connectivity index (χ0v) is 16.5. The predicted molar refractivity (Wildman–Crippen MR) is 105 cm³/mol. The molecule has 3 rings (SSSR count). The zero-order chi connectivity index (χ0) is 19.3. The minimum atomic E-state index is -0.853. The summed E-state index contributed by atoms with van der Waals surface area (Å²) in [6.45, 7) is 5.93. The number of likely N-dealkylation sites (tertiary alicyclic amines) is 1. The Labute approximate surface area is 163 Å². The second kappa shape index (κ2) is 8.77. The largest absolute Gasteiger partial charge is 0.491 e. The number of carbonyl (C=O) groups excluding carboxylic acids is 1. The Bertz CT molecular complexity index is 742. The van der Waals surface area contributed by atoms with E-state index in [9.17, 15) is 9.90 Å². The first-order chi connectivity index (χ1) is 12.9. The van der Waals surface area contributed by atoms with E-state index < -0.39 is 5.60 Å². The molecule has 8 heteroatoms. The topological polar surface area (TPSA) is 87.6 Å². The maximum Gasteiger partial charge on any atom is 0.240 e. The van der Waals surface area contributed by atoms with Crippen LogP contribution in [0.15, 0.2) is 30.3 Å². The molecule has 2 N–H and O–H groups in total. The summed E-state index contributed by atoms with van der Waals surface area (Å²) in [4.78, 5) is 14.3. The Morgan fingerprint density at radius 2 is 2.00 bits per heavy atom. The van der Waals surface area contributed by atoms with Gasteiger partial charge in [0.2, 0.25) is 11.0 Å². The second-order valence-electron chi connectivity index (χ2n) is 7.25. The lowest BCUT2D eigenvalue weighted by Gasteiger charge is -2.37. The van der Waals surface area contributed by atoms with Gasteiger partial charge in [-0.15, -0.1) is 10.2 Å². The lowest BCUT2D eigenvalue weighted by Crippen LogP contribution is -2.49. The summed E-state index contributed by atoms with van der Waals surface area (Å²) in [7, 11) is 0. The molecule has 1 aliphatic heterocycles. The molecular weight excluding hydrogens is 364 g/mol. The summed E-state index contributed by atoms with van der Waals surface area (Å²) in [5, 5.41) is 23.0. The number of carbonyl (C=O) groups is 1. The van der Waals surface area contributed by atoms with Crippen molar-refractivity contribution in [3.8, 4) is 5.75 Å². The summed E-state index contributed by atoms with van der Waals surface area (Å²) >= 11 is 1.41. The smallest absolute Gasteiger partial charge is 0.240 e. The van der Waals surface area contributed by atoms with Crippen LogP contribution < -0.4 is 10.1 Å². The normalized spacial score (nSPS) is 17.0. The number of rotatable bonds is 7. The molecule has 146 valence electrons. The average molecular weight is 391 g/mol. The van der Waals surface area contributed by atoms with Crippen molar-refractivity contribution >= 4 is 22.4 Å². The van der Waals surface area contributed by atoms with Crippen LogP contribution in [0, 0.1) is 0 Å². The average Bonchev–Trinajstić information content (AvgIpc) is 3.12. The minimum absolute atomic E-state index is 0.104. The number of hydrogen-bond acceptors (Lipinski definition) is 7. The fourth-order valence-electron chi connectivity index (χ4n) is 2.89. The Morgan fingerprint density at radius 3 is 2.63 bits per heavy atom. The van der Waals surface area contributed by atoms with Gasteiger partial charge in [-0.1, -0.05) is 43.4 Å². The highest BCUT2D eigenvalue weighted by Crippen LogP contribution is 2.25. The molecule has 0 radical (unpaired) electrons. The van der Waals surface area contributed by atoms with Crippen LogP contribution in [0.2, 0.25) is 0 Å². The molecule has 7 nitrogen and oxygen atoms in total. The van der Waals surface area contributed by atoms with Gasteiger partial charge in [0.25, 0.3) is 0 Å². The number of benzene rings is 1. The van der Waals surface area contributed by atoms with E-state index in [2.05, 4.69) is 15.5 Å². The molecule has 0 aliphatic carbocycles. The first-order valence-corrected chi connectivity index (χ1v) is 10.0. The number of para-hydroxylation sites is 1. The fourth-order valence-corrected chi connectivity index (χ4v) is 3.65. The van der Waals surface area contributed by atoms with Crippen molar-refractivity contribution in [3.05, 3.63) is 35.3 Å². The number of ether oxygens (including phenoxy) is 1. The maximum absolute atomic E-state index is 12.2. The molecule has 1 fully saturated rings. The third-order valence-corrected chi connectivity index (χ3v) is 5.72. The first-order valence-electron chi connectivity index (χ1n) is 9.19. The number of aliphatic hydroxyl groups is 1. The SMILES string of the molecule is CC(C)c1nnc(NC(=O)CN2CCC(O)(COc3ccccc3)CC2)s1. The molecule has 1 saturated heterocycles. The Kier molecular flexibility index (Phi) is 6.41. The van der Waals surface area contributed by atoms with Gasteiger partial charge in [0, 0.05) is 19.0 Å². The summed E-state index contributed by atoms with van der Waals surface area (Å²) in [6, 6.07) is 9.49. The van der Waals surface area contributed by atoms with E-state index in [1.165, 1.54) is 11.3 Å². The van der Waals surface area contributed by atoms with Crippen LogP contribution in [-0.2, 0) is 4.79 Å². The number of nitrogens with zero attached hydrogens (tertiary/aromatic N) is 3. The van der Waals surface area contributed by atoms with Crippen molar-refractivity contribution in [2.24, 2.45) is 0 Å². The van der Waals surface area contributed by atoms with Crippen molar-refractivity contribution in [1.82, 2.24) is 15.1 Å². The van der Waals surface area contributed by atoms with Crippen LogP contribution in [0.25, 0.3) is 0 Å². The van der Waals surface area contributed by atoms with E-state index in [4.69, 9.17) is 4.74 Å². The Morgan fingerprint density at radius 1 is 1.30 bits per heavy atom. The first kappa shape index (κ1) is 19.7. The molecule has 0 unspecified atom stereocenters. The molecule has 0 bridgehead atoms. The minimum Gasteiger partial charge on any atom is -0.491 e. The Hall–Kier alpha value is -2.03. The molecule has 1 amide bonds. The highest BCUT2D eigenvalue weighted by molar-refractivity contribution is 7.15. The maximum atomic E-state index is 12.2. The Balaban J connectivity index is 1.42. The molecule has 1 aromatic heterocycles. The van der Waals surface area contributed by atoms with Gasteiger partial charge in [0.05, 0.1) is 6.54 Å². The third kappa shape index (κ3) is 5.72. The van der Waals surface area contributed by atoms with Gasteiger partial charge in [0.1, 0.15) is 23.0 Å². The quantitative estimate of drug-likeness (QED) is 0.755. The molecule has 2 aromatic rings. The molecular formula is C19H26N4O3S.